The highest BCUT2D eigenvalue weighted by atomic mass is 16.5. The molecule has 4 heterocycles. The molecular weight excluding hydrogens is 1100 g/mol. The molecule has 0 atom stereocenters. The minimum atomic E-state index is -0.245. The maximum Gasteiger partial charge on any atom is 0.252 e. The molecule has 5 aliphatic rings. The lowest BCUT2D eigenvalue weighted by atomic mass is 9.33. The number of hydrogen-bond donors (Lipinski definition) is 0. The summed E-state index contributed by atoms with van der Waals surface area (Å²) in [7, 11) is 0. The summed E-state index contributed by atoms with van der Waals surface area (Å²) in [6.07, 6.45) is 7.39. The molecule has 91 heavy (non-hydrogen) atoms. The maximum atomic E-state index is 6.80. The predicted octanol–water partition coefficient (Wildman–Crippen LogP) is 20.8. The summed E-state index contributed by atoms with van der Waals surface area (Å²) >= 11 is 0. The Labute approximate surface area is 536 Å². The van der Waals surface area contributed by atoms with E-state index in [4.69, 9.17) is 4.74 Å². The molecule has 12 aromatic rings. The lowest BCUT2D eigenvalue weighted by molar-refractivity contribution is 0.363. The van der Waals surface area contributed by atoms with Gasteiger partial charge in [-0.2, -0.15) is 0 Å². The van der Waals surface area contributed by atoms with E-state index in [2.05, 4.69) is 310 Å². The van der Waals surface area contributed by atoms with Crippen molar-refractivity contribution in [1.82, 2.24) is 4.57 Å². The van der Waals surface area contributed by atoms with E-state index >= 15 is 0 Å². The van der Waals surface area contributed by atoms with E-state index < -0.39 is 0 Å². The van der Waals surface area contributed by atoms with Gasteiger partial charge in [0.05, 0.1) is 22.6 Å². The normalized spacial score (nSPS) is 14.8. The van der Waals surface area contributed by atoms with Crippen molar-refractivity contribution >= 4 is 79.5 Å². The zero-order chi connectivity index (χ0) is 61.3. The van der Waals surface area contributed by atoms with Crippen molar-refractivity contribution in [3.63, 3.8) is 0 Å². The van der Waals surface area contributed by atoms with Gasteiger partial charge in [0.25, 0.3) is 6.71 Å². The van der Waals surface area contributed by atoms with Gasteiger partial charge in [-0.15, -0.1) is 0 Å². The third-order valence-electron chi connectivity index (χ3n) is 20.1. The molecule has 442 valence electrons. The van der Waals surface area contributed by atoms with Crippen LogP contribution in [0.4, 0.5) is 45.5 Å². The van der Waals surface area contributed by atoms with E-state index in [0.29, 0.717) is 0 Å². The molecule has 0 amide bonds. The minimum absolute atomic E-state index is 0.139. The van der Waals surface area contributed by atoms with Gasteiger partial charge in [0.2, 0.25) is 0 Å². The number of aryl methyl sites for hydroxylation is 1. The fourth-order valence-electron chi connectivity index (χ4n) is 15.6. The van der Waals surface area contributed by atoms with Crippen LogP contribution in [0.1, 0.15) is 96.0 Å². The average molecular weight is 1180 g/mol. The van der Waals surface area contributed by atoms with Gasteiger partial charge in [0.15, 0.2) is 5.75 Å². The smallest absolute Gasteiger partial charge is 0.252 e. The second-order valence-electron chi connectivity index (χ2n) is 27.8. The van der Waals surface area contributed by atoms with E-state index in [9.17, 15) is 0 Å². The number of allylic oxidation sites excluding steroid dienone is 2. The Morgan fingerprint density at radius 1 is 0.374 bits per heavy atom. The number of anilines is 8. The molecule has 2 aliphatic carbocycles. The fourth-order valence-corrected chi connectivity index (χ4v) is 15.6. The molecule has 0 N–H and O–H groups in total. The number of para-hydroxylation sites is 2. The van der Waals surface area contributed by atoms with Gasteiger partial charge in [-0.1, -0.05) is 205 Å². The third kappa shape index (κ3) is 9.11. The lowest BCUT2D eigenvalue weighted by Gasteiger charge is -2.46. The van der Waals surface area contributed by atoms with Crippen LogP contribution in [0.5, 0.6) is 5.75 Å². The summed E-state index contributed by atoms with van der Waals surface area (Å²) in [4.78, 5) is 7.88. The van der Waals surface area contributed by atoms with Crippen molar-refractivity contribution < 1.29 is 4.74 Å². The monoisotopic (exact) mass is 1180 g/mol. The average Bonchev–Trinajstić information content (AvgIpc) is 0.928. The summed E-state index contributed by atoms with van der Waals surface area (Å²) in [6, 6.07) is 94.4. The van der Waals surface area contributed by atoms with Crippen LogP contribution in [0.2, 0.25) is 0 Å². The highest BCUT2D eigenvalue weighted by molar-refractivity contribution is 7.00. The van der Waals surface area contributed by atoms with Crippen molar-refractivity contribution in [1.29, 1.82) is 0 Å². The summed E-state index contributed by atoms with van der Waals surface area (Å²) in [5.74, 6) is 2.00. The van der Waals surface area contributed by atoms with E-state index in [1.165, 1.54) is 134 Å². The van der Waals surface area contributed by atoms with Crippen LogP contribution >= 0.6 is 0 Å². The molecule has 0 radical (unpaired) electrons. The molecule has 11 aromatic carbocycles. The van der Waals surface area contributed by atoms with Crippen LogP contribution < -0.4 is 35.8 Å². The molecule has 0 saturated heterocycles. The third-order valence-corrected chi connectivity index (χ3v) is 20.1. The number of ether oxygens (including phenoxy) is 1. The first-order valence-corrected chi connectivity index (χ1v) is 32.9. The zero-order valence-electron chi connectivity index (χ0n) is 52.9. The van der Waals surface area contributed by atoms with E-state index in [0.717, 1.165) is 73.5 Å². The number of benzene rings is 11. The molecule has 0 unspecified atom stereocenters. The first kappa shape index (κ1) is 55.1. The Hall–Kier alpha value is -10.0. The molecule has 5 nitrogen and oxygen atoms in total. The second kappa shape index (κ2) is 21.3. The van der Waals surface area contributed by atoms with Crippen molar-refractivity contribution in [2.24, 2.45) is 0 Å². The molecule has 3 aliphatic heterocycles. The van der Waals surface area contributed by atoms with Crippen molar-refractivity contribution in [3.8, 4) is 55.9 Å². The number of rotatable bonds is 8. The summed E-state index contributed by atoms with van der Waals surface area (Å²) in [6.45, 7) is 14.1. The lowest BCUT2D eigenvalue weighted by Crippen LogP contribution is -2.61. The molecule has 0 spiro atoms. The largest absolute Gasteiger partial charge is 0.458 e. The van der Waals surface area contributed by atoms with Crippen LogP contribution in [0, 0.1) is 0 Å². The SMILES string of the molecule is CC(C)(C)c1cc(-c2ccccc2)c(N2c3cc(-n4c5c(c6cc(-c7ccccc7)ccc64)CCC5)ccc3B3c4ccc(N5C6=C(CCCC6)Oc6ccccc65)cc4N(c4ccc(-c5ccccc5)cc4)c4cc(C(C)(C)C)cc2c43)c(-c2ccccc2)c1. The van der Waals surface area contributed by atoms with Crippen LogP contribution in [-0.4, -0.2) is 11.3 Å². The summed E-state index contributed by atoms with van der Waals surface area (Å²) in [5, 5.41) is 1.36. The molecule has 0 saturated carbocycles. The van der Waals surface area contributed by atoms with Crippen LogP contribution in [-0.2, 0) is 23.7 Å². The maximum absolute atomic E-state index is 6.80. The molecule has 0 fully saturated rings. The standard InChI is InChI=1S/C85H73BN4O/c1-84(2,3)61-49-67(58-28-15-9-16-29-58)83(68(50-61)59-30-17-10-18-31-59)90-77-54-64(88-72-35-23-32-66(72)69-48-60(40-47-73(69)88)56-26-13-8-14-27-56)43-46-71(77)86-70-45-44-65(89-74-33-19-21-36-80(74)91-81-37-22-20-34-75(81)89)53-76(70)87(78-51-62(85(4,5)6)52-79(90)82(78)86)63-41-38-57(39-42-63)55-24-11-7-12-25-55/h7-19,21,24-31,33,36,38-54H,20,22-23,32,34-35,37H2,1-6H3. The summed E-state index contributed by atoms with van der Waals surface area (Å²) < 4.78 is 9.43. The van der Waals surface area contributed by atoms with Crippen molar-refractivity contribution in [3.05, 3.63) is 283 Å². The van der Waals surface area contributed by atoms with Gasteiger partial charge in [-0.25, -0.2) is 0 Å². The Balaban J connectivity index is 0.986. The Morgan fingerprint density at radius 2 is 0.890 bits per heavy atom. The van der Waals surface area contributed by atoms with E-state index in [-0.39, 0.29) is 17.5 Å². The Bertz CT molecular complexity index is 4840. The van der Waals surface area contributed by atoms with Gasteiger partial charge >= 0.3 is 0 Å². The Morgan fingerprint density at radius 3 is 1.54 bits per heavy atom. The summed E-state index contributed by atoms with van der Waals surface area (Å²) in [5.41, 5.74) is 31.6. The Kier molecular flexibility index (Phi) is 12.9. The van der Waals surface area contributed by atoms with Gasteiger partial charge in [0, 0.05) is 68.4 Å². The van der Waals surface area contributed by atoms with Crippen LogP contribution in [0.15, 0.2) is 260 Å². The van der Waals surface area contributed by atoms with Crippen molar-refractivity contribution in [2.75, 3.05) is 14.7 Å². The van der Waals surface area contributed by atoms with Crippen LogP contribution in [0.25, 0.3) is 61.1 Å². The van der Waals surface area contributed by atoms with E-state index in [1.54, 1.807) is 0 Å². The quantitative estimate of drug-likeness (QED) is 0.142. The van der Waals surface area contributed by atoms with Gasteiger partial charge in [-0.05, 0) is 201 Å². The number of hydrogen-bond acceptors (Lipinski definition) is 4. The number of aromatic nitrogens is 1. The molecule has 6 heteroatoms. The fraction of sp³-hybridized carbons (Fsp3) is 0.176. The minimum Gasteiger partial charge on any atom is -0.458 e. The van der Waals surface area contributed by atoms with Gasteiger partial charge < -0.3 is 24.0 Å². The van der Waals surface area contributed by atoms with Gasteiger partial charge in [-0.3, -0.25) is 0 Å². The predicted molar refractivity (Wildman–Crippen MR) is 383 cm³/mol. The topological polar surface area (TPSA) is 23.9 Å². The van der Waals surface area contributed by atoms with Gasteiger partial charge in [0.1, 0.15) is 5.76 Å². The molecular formula is C85H73BN4O. The number of fused-ring (bicyclic) bond motifs is 8. The molecule has 17 rings (SSSR count). The second-order valence-corrected chi connectivity index (χ2v) is 27.8. The molecule has 1 aromatic heterocycles. The first-order chi connectivity index (χ1) is 44.4. The first-order valence-electron chi connectivity index (χ1n) is 32.9. The zero-order valence-corrected chi connectivity index (χ0v) is 52.9. The highest BCUT2D eigenvalue weighted by Gasteiger charge is 2.46. The molecule has 0 bridgehead atoms. The van der Waals surface area contributed by atoms with Crippen molar-refractivity contribution in [2.45, 2.75) is 97.3 Å². The highest BCUT2D eigenvalue weighted by Crippen LogP contribution is 2.54. The number of nitrogens with zero attached hydrogens (tertiary/aromatic N) is 4. The van der Waals surface area contributed by atoms with E-state index in [1.807, 2.05) is 0 Å². The van der Waals surface area contributed by atoms with Crippen LogP contribution in [0.3, 0.4) is 0 Å².